The van der Waals surface area contributed by atoms with E-state index < -0.39 is 12.0 Å². The highest BCUT2D eigenvalue weighted by Gasteiger charge is 2.15. The molecule has 0 heterocycles. The summed E-state index contributed by atoms with van der Waals surface area (Å²) < 4.78 is 5.14. The molecule has 3 N–H and O–H groups in total. The molecule has 1 atom stereocenters. The summed E-state index contributed by atoms with van der Waals surface area (Å²) in [5, 5.41) is 8.78. The van der Waals surface area contributed by atoms with E-state index in [1.165, 1.54) is 0 Å². The summed E-state index contributed by atoms with van der Waals surface area (Å²) in [5.74, 6) is -0.197. The lowest BCUT2D eigenvalue weighted by molar-refractivity contribution is -0.138. The van der Waals surface area contributed by atoms with Crippen LogP contribution in [0.4, 0.5) is 0 Å². The minimum absolute atomic E-state index is 0.344. The van der Waals surface area contributed by atoms with E-state index in [0.717, 1.165) is 22.4 Å². The fourth-order valence-electron chi connectivity index (χ4n) is 1.70. The Labute approximate surface area is 95.0 Å². The van der Waals surface area contributed by atoms with E-state index in [1.807, 2.05) is 26.0 Å². The molecule has 0 aromatic heterocycles. The van der Waals surface area contributed by atoms with E-state index in [2.05, 4.69) is 0 Å². The summed E-state index contributed by atoms with van der Waals surface area (Å²) in [6.45, 7) is 3.86. The molecular weight excluding hydrogens is 206 g/mol. The fraction of sp³-hybridized carbons (Fsp3) is 0.417. The standard InChI is InChI=1S/C12H17NO3/c1-7-4-9(16-3)5-8(2)10(7)6-11(13)12(14)15/h4-5,11H,6,13H2,1-3H3,(H,14,15)/t11-/m0/s1. The van der Waals surface area contributed by atoms with E-state index in [-0.39, 0.29) is 0 Å². The summed E-state index contributed by atoms with van der Waals surface area (Å²) in [7, 11) is 1.61. The highest BCUT2D eigenvalue weighted by molar-refractivity contribution is 5.73. The smallest absolute Gasteiger partial charge is 0.320 e. The second kappa shape index (κ2) is 4.99. The molecule has 0 amide bonds. The molecule has 0 bridgehead atoms. The Hall–Kier alpha value is -1.55. The van der Waals surface area contributed by atoms with Crippen molar-refractivity contribution in [2.45, 2.75) is 26.3 Å². The minimum Gasteiger partial charge on any atom is -0.497 e. The first-order valence-corrected chi connectivity index (χ1v) is 5.08. The van der Waals surface area contributed by atoms with Crippen LogP contribution in [0.1, 0.15) is 16.7 Å². The van der Waals surface area contributed by atoms with Gasteiger partial charge in [0, 0.05) is 0 Å². The molecule has 1 aromatic rings. The average molecular weight is 223 g/mol. The summed E-state index contributed by atoms with van der Waals surface area (Å²) in [5.41, 5.74) is 8.52. The first-order valence-electron chi connectivity index (χ1n) is 5.08. The topological polar surface area (TPSA) is 72.5 Å². The third-order valence-corrected chi connectivity index (χ3v) is 2.65. The van der Waals surface area contributed by atoms with Gasteiger partial charge in [0.2, 0.25) is 0 Å². The second-order valence-corrected chi connectivity index (χ2v) is 3.89. The predicted molar refractivity (Wildman–Crippen MR) is 61.8 cm³/mol. The van der Waals surface area contributed by atoms with Crippen LogP contribution in [0.3, 0.4) is 0 Å². The minimum atomic E-state index is -0.977. The number of hydrogen-bond acceptors (Lipinski definition) is 3. The van der Waals surface area contributed by atoms with Crippen LogP contribution in [0.5, 0.6) is 5.75 Å². The lowest BCUT2D eigenvalue weighted by Crippen LogP contribution is -2.32. The average Bonchev–Trinajstić information content (AvgIpc) is 2.22. The molecule has 0 radical (unpaired) electrons. The zero-order valence-corrected chi connectivity index (χ0v) is 9.78. The van der Waals surface area contributed by atoms with E-state index in [1.54, 1.807) is 7.11 Å². The van der Waals surface area contributed by atoms with Gasteiger partial charge in [0.1, 0.15) is 11.8 Å². The van der Waals surface area contributed by atoms with Gasteiger partial charge < -0.3 is 15.6 Å². The summed E-state index contributed by atoms with van der Waals surface area (Å²) in [6, 6.07) is 2.92. The van der Waals surface area contributed by atoms with Crippen molar-refractivity contribution in [2.75, 3.05) is 7.11 Å². The van der Waals surface area contributed by atoms with Gasteiger partial charge in [0.15, 0.2) is 0 Å². The summed E-state index contributed by atoms with van der Waals surface area (Å²) in [4.78, 5) is 10.7. The van der Waals surface area contributed by atoms with Gasteiger partial charge in [0.05, 0.1) is 7.11 Å². The van der Waals surface area contributed by atoms with Crippen molar-refractivity contribution >= 4 is 5.97 Å². The Kier molecular flexibility index (Phi) is 3.90. The molecule has 1 rings (SSSR count). The highest BCUT2D eigenvalue weighted by Crippen LogP contribution is 2.22. The van der Waals surface area contributed by atoms with Crippen LogP contribution in [0, 0.1) is 13.8 Å². The third kappa shape index (κ3) is 2.73. The largest absolute Gasteiger partial charge is 0.497 e. The van der Waals surface area contributed by atoms with Crippen LogP contribution >= 0.6 is 0 Å². The number of methoxy groups -OCH3 is 1. The van der Waals surface area contributed by atoms with Crippen molar-refractivity contribution in [3.63, 3.8) is 0 Å². The zero-order valence-electron chi connectivity index (χ0n) is 9.78. The van der Waals surface area contributed by atoms with Crippen molar-refractivity contribution in [3.8, 4) is 5.75 Å². The molecular formula is C12H17NO3. The normalized spacial score (nSPS) is 12.2. The zero-order chi connectivity index (χ0) is 12.3. The number of carboxylic acids is 1. The van der Waals surface area contributed by atoms with Gasteiger partial charge >= 0.3 is 5.97 Å². The highest BCUT2D eigenvalue weighted by atomic mass is 16.5. The van der Waals surface area contributed by atoms with E-state index in [9.17, 15) is 4.79 Å². The van der Waals surface area contributed by atoms with Gasteiger partial charge in [-0.1, -0.05) is 0 Å². The van der Waals surface area contributed by atoms with Crippen LogP contribution in [-0.4, -0.2) is 24.2 Å². The maximum Gasteiger partial charge on any atom is 0.320 e. The first kappa shape index (κ1) is 12.5. The van der Waals surface area contributed by atoms with Gasteiger partial charge in [-0.25, -0.2) is 0 Å². The summed E-state index contributed by atoms with van der Waals surface area (Å²) in [6.07, 6.45) is 0.344. The molecule has 0 unspecified atom stereocenters. The quantitative estimate of drug-likeness (QED) is 0.806. The number of ether oxygens (including phenoxy) is 1. The number of rotatable bonds is 4. The van der Waals surface area contributed by atoms with Gasteiger partial charge in [0.25, 0.3) is 0 Å². The van der Waals surface area contributed by atoms with Crippen molar-refractivity contribution in [1.29, 1.82) is 0 Å². The number of carboxylic acid groups (broad SMARTS) is 1. The van der Waals surface area contributed by atoms with Crippen LogP contribution in [0.25, 0.3) is 0 Å². The van der Waals surface area contributed by atoms with E-state index in [0.29, 0.717) is 6.42 Å². The maximum atomic E-state index is 10.7. The van der Waals surface area contributed by atoms with Crippen LogP contribution < -0.4 is 10.5 Å². The lowest BCUT2D eigenvalue weighted by atomic mass is 9.96. The Balaban J connectivity index is 3.01. The Morgan fingerprint density at radius 3 is 2.31 bits per heavy atom. The number of aryl methyl sites for hydroxylation is 2. The van der Waals surface area contributed by atoms with Gasteiger partial charge in [-0.2, -0.15) is 0 Å². The molecule has 0 saturated carbocycles. The van der Waals surface area contributed by atoms with Crippen LogP contribution in [0.15, 0.2) is 12.1 Å². The molecule has 0 spiro atoms. The second-order valence-electron chi connectivity index (χ2n) is 3.89. The molecule has 0 aliphatic carbocycles. The van der Waals surface area contributed by atoms with Gasteiger partial charge in [-0.05, 0) is 49.1 Å². The molecule has 88 valence electrons. The number of nitrogens with two attached hydrogens (primary N) is 1. The van der Waals surface area contributed by atoms with Crippen LogP contribution in [0.2, 0.25) is 0 Å². The first-order chi connectivity index (χ1) is 7.45. The Morgan fingerprint density at radius 2 is 1.94 bits per heavy atom. The van der Waals surface area contributed by atoms with Crippen molar-refractivity contribution in [3.05, 3.63) is 28.8 Å². The van der Waals surface area contributed by atoms with E-state index in [4.69, 9.17) is 15.6 Å². The number of carbonyl (C=O) groups is 1. The molecule has 16 heavy (non-hydrogen) atoms. The lowest BCUT2D eigenvalue weighted by Gasteiger charge is -2.14. The van der Waals surface area contributed by atoms with Crippen molar-refractivity contribution < 1.29 is 14.6 Å². The number of aliphatic carboxylic acids is 1. The Morgan fingerprint density at radius 1 is 1.44 bits per heavy atom. The monoisotopic (exact) mass is 223 g/mol. The van der Waals surface area contributed by atoms with Crippen molar-refractivity contribution in [1.82, 2.24) is 0 Å². The molecule has 0 fully saturated rings. The Bertz CT molecular complexity index is 378. The van der Waals surface area contributed by atoms with Crippen molar-refractivity contribution in [2.24, 2.45) is 5.73 Å². The van der Waals surface area contributed by atoms with E-state index >= 15 is 0 Å². The molecule has 0 aliphatic heterocycles. The predicted octanol–water partition coefficient (Wildman–Crippen LogP) is 1.27. The third-order valence-electron chi connectivity index (χ3n) is 2.65. The van der Waals surface area contributed by atoms with Gasteiger partial charge in [-0.15, -0.1) is 0 Å². The summed E-state index contributed by atoms with van der Waals surface area (Å²) >= 11 is 0. The fourth-order valence-corrected chi connectivity index (χ4v) is 1.70. The van der Waals surface area contributed by atoms with Crippen LogP contribution in [-0.2, 0) is 11.2 Å². The molecule has 1 aromatic carbocycles. The molecule has 0 saturated heterocycles. The molecule has 4 heteroatoms. The number of hydrogen-bond donors (Lipinski definition) is 2. The molecule has 0 aliphatic rings. The van der Waals surface area contributed by atoms with Gasteiger partial charge in [-0.3, -0.25) is 4.79 Å². The molecule has 4 nitrogen and oxygen atoms in total. The maximum absolute atomic E-state index is 10.7. The SMILES string of the molecule is COc1cc(C)c(C[C@H](N)C(=O)O)c(C)c1. The number of benzene rings is 1.